The van der Waals surface area contributed by atoms with Crippen molar-refractivity contribution in [1.29, 1.82) is 0 Å². The van der Waals surface area contributed by atoms with Gasteiger partial charge in [0.15, 0.2) is 5.82 Å². The van der Waals surface area contributed by atoms with Gasteiger partial charge in [0.05, 0.1) is 25.5 Å². The summed E-state index contributed by atoms with van der Waals surface area (Å²) in [6, 6.07) is 5.85. The minimum Gasteiger partial charge on any atom is -0.495 e. The second-order valence-electron chi connectivity index (χ2n) is 10.0. The average Bonchev–Trinajstić information content (AvgIpc) is 3.48. The van der Waals surface area contributed by atoms with Crippen molar-refractivity contribution in [3.8, 4) is 5.75 Å². The van der Waals surface area contributed by atoms with Crippen LogP contribution in [0.3, 0.4) is 0 Å². The van der Waals surface area contributed by atoms with Gasteiger partial charge in [-0.05, 0) is 64.0 Å². The van der Waals surface area contributed by atoms with Crippen LogP contribution in [0.1, 0.15) is 62.7 Å². The average molecular weight is 524 g/mol. The molecule has 206 valence electrons. The van der Waals surface area contributed by atoms with Crippen molar-refractivity contribution in [3.63, 3.8) is 0 Å². The molecule has 0 spiro atoms. The topological polar surface area (TPSA) is 103 Å². The van der Waals surface area contributed by atoms with Gasteiger partial charge in [-0.1, -0.05) is 26.7 Å². The maximum Gasteiger partial charge on any atom is 0.251 e. The highest BCUT2D eigenvalue weighted by Gasteiger charge is 2.34. The van der Waals surface area contributed by atoms with Gasteiger partial charge in [0.25, 0.3) is 5.91 Å². The molecule has 5 rings (SSSR count). The summed E-state index contributed by atoms with van der Waals surface area (Å²) in [5, 5.41) is 6.39. The zero-order chi connectivity index (χ0) is 27.2. The Morgan fingerprint density at radius 1 is 1.08 bits per heavy atom. The second-order valence-corrected chi connectivity index (χ2v) is 10.0. The number of hydrogen-bond donors (Lipinski definition) is 2. The number of nitrogens with one attached hydrogen (secondary N) is 2. The molecular weight excluding hydrogens is 482 g/mol. The highest BCUT2D eigenvalue weighted by atomic mass is 16.5. The number of likely N-dealkylation sites (tertiary alicyclic amines) is 1. The number of carbonyl (C=O) groups excluding carboxylic acids is 2. The molecule has 2 fully saturated rings. The molecule has 2 aliphatic heterocycles. The molecule has 2 N–H and O–H groups in total. The lowest BCUT2D eigenvalue weighted by atomic mass is 10.0. The van der Waals surface area contributed by atoms with E-state index in [9.17, 15) is 9.59 Å². The van der Waals surface area contributed by atoms with Gasteiger partial charge < -0.3 is 30.1 Å². The van der Waals surface area contributed by atoms with Crippen molar-refractivity contribution in [3.05, 3.63) is 30.0 Å². The Bertz CT molecular complexity index is 1130. The van der Waals surface area contributed by atoms with Gasteiger partial charge in [0.2, 0.25) is 11.9 Å². The number of methoxy groups -OCH3 is 1. The predicted molar refractivity (Wildman–Crippen MR) is 151 cm³/mol. The molecule has 2 aromatic rings. The van der Waals surface area contributed by atoms with Crippen LogP contribution in [0.5, 0.6) is 5.75 Å². The molecule has 3 aliphatic rings. The standard InChI is InChI=1S/C26H35N7O3.C2H6/c1-31-12-10-18(11-13-31)28-25(35)17-8-9-20(22(14-17)36-3)29-26-27-15-21-24(30-26)33(16-23(34)32(21)2)19-6-4-5-7-19;1-2/h8-9,14-15,18-19H,4-7,10-13,16H2,1-3H3,(H,28,35)(H,27,29,30);1-2H3. The van der Waals surface area contributed by atoms with E-state index in [-0.39, 0.29) is 17.9 Å². The number of amides is 2. The number of anilines is 4. The molecule has 2 amide bonds. The zero-order valence-corrected chi connectivity index (χ0v) is 23.3. The lowest BCUT2D eigenvalue weighted by Crippen LogP contribution is -2.48. The fourth-order valence-corrected chi connectivity index (χ4v) is 5.33. The molecule has 10 heteroatoms. The van der Waals surface area contributed by atoms with Crippen LogP contribution >= 0.6 is 0 Å². The van der Waals surface area contributed by atoms with E-state index in [4.69, 9.17) is 9.72 Å². The number of nitrogens with zero attached hydrogens (tertiary/aromatic N) is 5. The third-order valence-electron chi connectivity index (χ3n) is 7.59. The van der Waals surface area contributed by atoms with Crippen molar-refractivity contribution < 1.29 is 14.3 Å². The molecule has 1 saturated heterocycles. The normalized spacial score (nSPS) is 18.5. The summed E-state index contributed by atoms with van der Waals surface area (Å²) in [5.41, 5.74) is 1.94. The Balaban J connectivity index is 0.00000164. The quantitative estimate of drug-likeness (QED) is 0.589. The van der Waals surface area contributed by atoms with E-state index in [0.717, 1.165) is 50.3 Å². The van der Waals surface area contributed by atoms with E-state index < -0.39 is 0 Å². The zero-order valence-electron chi connectivity index (χ0n) is 23.3. The van der Waals surface area contributed by atoms with Gasteiger partial charge in [-0.25, -0.2) is 4.98 Å². The molecule has 1 aromatic heterocycles. The van der Waals surface area contributed by atoms with Crippen LogP contribution in [0.15, 0.2) is 24.4 Å². The first kappa shape index (κ1) is 27.6. The summed E-state index contributed by atoms with van der Waals surface area (Å²) in [7, 11) is 5.45. The number of rotatable bonds is 6. The fourth-order valence-electron chi connectivity index (χ4n) is 5.33. The highest BCUT2D eigenvalue weighted by molar-refractivity contribution is 6.02. The molecule has 0 bridgehead atoms. The molecule has 3 heterocycles. The molecule has 38 heavy (non-hydrogen) atoms. The number of carbonyl (C=O) groups is 2. The number of fused-ring (bicyclic) bond motifs is 1. The van der Waals surface area contributed by atoms with E-state index in [0.29, 0.717) is 35.5 Å². The van der Waals surface area contributed by atoms with Crippen LogP contribution in [-0.2, 0) is 4.79 Å². The number of piperidine rings is 1. The van der Waals surface area contributed by atoms with Crippen LogP contribution < -0.4 is 25.2 Å². The molecule has 0 radical (unpaired) electrons. The van der Waals surface area contributed by atoms with Gasteiger partial charge in [0.1, 0.15) is 11.4 Å². The van der Waals surface area contributed by atoms with Gasteiger partial charge >= 0.3 is 0 Å². The van der Waals surface area contributed by atoms with E-state index >= 15 is 0 Å². The van der Waals surface area contributed by atoms with Gasteiger partial charge in [-0.2, -0.15) is 4.98 Å². The Labute approximate surface area is 225 Å². The summed E-state index contributed by atoms with van der Waals surface area (Å²) in [6.07, 6.45) is 8.08. The smallest absolute Gasteiger partial charge is 0.251 e. The largest absolute Gasteiger partial charge is 0.495 e. The van der Waals surface area contributed by atoms with Crippen molar-refractivity contribution in [2.45, 2.75) is 64.5 Å². The van der Waals surface area contributed by atoms with Crippen LogP contribution in [0.25, 0.3) is 0 Å². The summed E-state index contributed by atoms with van der Waals surface area (Å²) in [4.78, 5) is 40.7. The summed E-state index contributed by atoms with van der Waals surface area (Å²) >= 11 is 0. The SMILES string of the molecule is CC.COc1cc(C(=O)NC2CCN(C)CC2)ccc1Nc1ncc2c(n1)N(C1CCCC1)CC(=O)N2C. The highest BCUT2D eigenvalue weighted by Crippen LogP contribution is 2.37. The first-order chi connectivity index (χ1) is 18.4. The predicted octanol–water partition coefficient (Wildman–Crippen LogP) is 3.80. The maximum atomic E-state index is 12.8. The Hall–Kier alpha value is -3.40. The van der Waals surface area contributed by atoms with Gasteiger partial charge in [-0.3, -0.25) is 9.59 Å². The lowest BCUT2D eigenvalue weighted by molar-refractivity contribution is -0.117. The first-order valence-corrected chi connectivity index (χ1v) is 13.8. The summed E-state index contributed by atoms with van der Waals surface area (Å²) in [6.45, 7) is 6.30. The monoisotopic (exact) mass is 523 g/mol. The van der Waals surface area contributed by atoms with Gasteiger partial charge in [0, 0.05) is 24.7 Å². The van der Waals surface area contributed by atoms with Crippen LogP contribution in [0, 0.1) is 0 Å². The lowest BCUT2D eigenvalue weighted by Gasteiger charge is -2.37. The van der Waals surface area contributed by atoms with Crippen LogP contribution in [-0.4, -0.2) is 79.6 Å². The minimum atomic E-state index is -0.0978. The fraction of sp³-hybridized carbons (Fsp3) is 0.571. The summed E-state index contributed by atoms with van der Waals surface area (Å²) < 4.78 is 5.59. The first-order valence-electron chi connectivity index (χ1n) is 13.8. The number of ether oxygens (including phenoxy) is 1. The Kier molecular flexibility index (Phi) is 9.04. The molecule has 0 unspecified atom stereocenters. The molecular formula is C28H41N7O3. The molecule has 1 aromatic carbocycles. The molecule has 0 atom stereocenters. The van der Waals surface area contributed by atoms with Crippen molar-refractivity contribution in [2.24, 2.45) is 0 Å². The Morgan fingerprint density at radius 3 is 2.47 bits per heavy atom. The van der Waals surface area contributed by atoms with E-state index in [1.807, 2.05) is 19.9 Å². The van der Waals surface area contributed by atoms with Crippen LogP contribution in [0.2, 0.25) is 0 Å². The molecule has 10 nitrogen and oxygen atoms in total. The third kappa shape index (κ3) is 6.01. The van der Waals surface area contributed by atoms with E-state index in [1.165, 1.54) is 12.8 Å². The van der Waals surface area contributed by atoms with Crippen molar-refractivity contribution in [2.75, 3.05) is 56.0 Å². The number of aromatic nitrogens is 2. The number of benzene rings is 1. The van der Waals surface area contributed by atoms with Gasteiger partial charge in [-0.15, -0.1) is 0 Å². The second kappa shape index (κ2) is 12.4. The van der Waals surface area contributed by atoms with Crippen molar-refractivity contribution in [1.82, 2.24) is 20.2 Å². The Morgan fingerprint density at radius 2 is 1.79 bits per heavy atom. The molecule has 1 aliphatic carbocycles. The minimum absolute atomic E-state index is 0.0505. The van der Waals surface area contributed by atoms with E-state index in [2.05, 4.69) is 32.5 Å². The molecule has 1 saturated carbocycles. The third-order valence-corrected chi connectivity index (χ3v) is 7.59. The number of likely N-dealkylation sites (N-methyl/N-ethyl adjacent to an activating group) is 1. The van der Waals surface area contributed by atoms with Crippen molar-refractivity contribution >= 4 is 35.0 Å². The van der Waals surface area contributed by atoms with Crippen LogP contribution in [0.4, 0.5) is 23.1 Å². The maximum absolute atomic E-state index is 12.8. The van der Waals surface area contributed by atoms with E-state index in [1.54, 1.807) is 37.4 Å². The number of hydrogen-bond acceptors (Lipinski definition) is 8. The summed E-state index contributed by atoms with van der Waals surface area (Å²) in [5.74, 6) is 1.68.